The van der Waals surface area contributed by atoms with E-state index in [0.29, 0.717) is 11.7 Å². The van der Waals surface area contributed by atoms with Crippen molar-refractivity contribution >= 4 is 28.3 Å². The second-order valence-electron chi connectivity index (χ2n) is 4.15. The Kier molecular flexibility index (Phi) is 3.08. The first-order chi connectivity index (χ1) is 9.28. The van der Waals surface area contributed by atoms with Gasteiger partial charge < -0.3 is 9.88 Å². The molecule has 0 unspecified atom stereocenters. The number of fused-ring (bicyclic) bond motifs is 1. The number of aromatic amines is 1. The van der Waals surface area contributed by atoms with E-state index in [1.165, 1.54) is 0 Å². The zero-order valence-corrected chi connectivity index (χ0v) is 11.1. The molecule has 0 fully saturated rings. The van der Waals surface area contributed by atoms with Crippen LogP contribution < -0.4 is 5.32 Å². The summed E-state index contributed by atoms with van der Waals surface area (Å²) in [5.41, 5.74) is 2.67. The van der Waals surface area contributed by atoms with Crippen LogP contribution in [-0.2, 0) is 13.1 Å². The molecule has 6 nitrogen and oxygen atoms in total. The van der Waals surface area contributed by atoms with Gasteiger partial charge in [0, 0.05) is 11.9 Å². The van der Waals surface area contributed by atoms with E-state index in [0.717, 1.165) is 29.0 Å². The number of rotatable bonds is 4. The lowest BCUT2D eigenvalue weighted by Gasteiger charge is -2.08. The molecule has 0 amide bonds. The topological polar surface area (TPSA) is 71.4 Å². The molecule has 2 N–H and O–H groups in total. The molecule has 7 heteroatoms. The molecule has 0 atom stereocenters. The quantitative estimate of drug-likeness (QED) is 0.768. The monoisotopic (exact) mass is 276 g/mol. The Morgan fingerprint density at radius 3 is 3.11 bits per heavy atom. The first kappa shape index (κ1) is 12.0. The molecule has 3 rings (SSSR count). The second-order valence-corrected chi connectivity index (χ2v) is 4.51. The number of pyridine rings is 1. The molecule has 0 aliphatic heterocycles. The van der Waals surface area contributed by atoms with Crippen LogP contribution in [0.15, 0.2) is 24.8 Å². The Hall–Kier alpha value is -2.08. The van der Waals surface area contributed by atoms with Crippen LogP contribution in [0.5, 0.6) is 0 Å². The number of halogens is 1. The van der Waals surface area contributed by atoms with E-state index in [9.17, 15) is 0 Å². The average molecular weight is 277 g/mol. The van der Waals surface area contributed by atoms with Crippen molar-refractivity contribution in [3.63, 3.8) is 0 Å². The number of hydrogen-bond acceptors (Lipinski definition) is 4. The van der Waals surface area contributed by atoms with E-state index in [-0.39, 0.29) is 0 Å². The highest BCUT2D eigenvalue weighted by Gasteiger charge is 2.08. The lowest BCUT2D eigenvalue weighted by Crippen LogP contribution is -2.06. The average Bonchev–Trinajstić information content (AvgIpc) is 3.02. The molecule has 0 aliphatic rings. The molecule has 3 aromatic heterocycles. The van der Waals surface area contributed by atoms with Crippen molar-refractivity contribution in [1.29, 1.82) is 0 Å². The van der Waals surface area contributed by atoms with Crippen molar-refractivity contribution in [2.45, 2.75) is 20.0 Å². The zero-order valence-electron chi connectivity index (χ0n) is 10.4. The number of nitrogens with zero attached hydrogens (tertiary/aromatic N) is 4. The highest BCUT2D eigenvalue weighted by molar-refractivity contribution is 6.30. The van der Waals surface area contributed by atoms with Crippen LogP contribution >= 0.6 is 11.6 Å². The minimum Gasteiger partial charge on any atom is -0.378 e. The fourth-order valence-electron chi connectivity index (χ4n) is 1.95. The SMILES string of the molecule is CCn1cnc(Cl)c1CNc1cnc2[nH]ncc2c1. The Morgan fingerprint density at radius 2 is 2.26 bits per heavy atom. The predicted octanol–water partition coefficient (Wildman–Crippen LogP) is 2.44. The van der Waals surface area contributed by atoms with Gasteiger partial charge in [0.25, 0.3) is 0 Å². The number of H-pyrrole nitrogens is 1. The molecule has 19 heavy (non-hydrogen) atoms. The highest BCUT2D eigenvalue weighted by Crippen LogP contribution is 2.18. The predicted molar refractivity (Wildman–Crippen MR) is 74.1 cm³/mol. The van der Waals surface area contributed by atoms with Gasteiger partial charge in [-0.2, -0.15) is 5.10 Å². The molecular weight excluding hydrogens is 264 g/mol. The standard InChI is InChI=1S/C12H13ClN6/c1-2-19-7-16-11(13)10(19)6-14-9-3-8-4-17-18-12(8)15-5-9/h3-5,7,14H,2,6H2,1H3,(H,15,17,18). The molecular formula is C12H13ClN6. The van der Waals surface area contributed by atoms with Gasteiger partial charge in [0.1, 0.15) is 0 Å². The Balaban J connectivity index is 1.79. The fraction of sp³-hybridized carbons (Fsp3) is 0.250. The maximum atomic E-state index is 6.06. The summed E-state index contributed by atoms with van der Waals surface area (Å²) >= 11 is 6.06. The van der Waals surface area contributed by atoms with E-state index in [1.54, 1.807) is 18.7 Å². The number of anilines is 1. The summed E-state index contributed by atoms with van der Waals surface area (Å²) in [7, 11) is 0. The minimum absolute atomic E-state index is 0.534. The van der Waals surface area contributed by atoms with Gasteiger partial charge >= 0.3 is 0 Å². The fourth-order valence-corrected chi connectivity index (χ4v) is 2.17. The Labute approximate surface area is 114 Å². The molecule has 0 bridgehead atoms. The first-order valence-corrected chi connectivity index (χ1v) is 6.38. The molecule has 0 radical (unpaired) electrons. The molecule has 0 saturated carbocycles. The van der Waals surface area contributed by atoms with Crippen molar-refractivity contribution in [2.75, 3.05) is 5.32 Å². The van der Waals surface area contributed by atoms with Crippen LogP contribution in [0.1, 0.15) is 12.6 Å². The Bertz CT molecular complexity index is 701. The minimum atomic E-state index is 0.534. The van der Waals surface area contributed by atoms with Crippen LogP contribution in [0.3, 0.4) is 0 Å². The highest BCUT2D eigenvalue weighted by atomic mass is 35.5. The van der Waals surface area contributed by atoms with Crippen LogP contribution in [0.25, 0.3) is 11.0 Å². The maximum Gasteiger partial charge on any atom is 0.155 e. The summed E-state index contributed by atoms with van der Waals surface area (Å²) in [5.74, 6) is 0. The summed E-state index contributed by atoms with van der Waals surface area (Å²) in [5, 5.41) is 11.6. The smallest absolute Gasteiger partial charge is 0.155 e. The molecule has 3 aromatic rings. The number of aryl methyl sites for hydroxylation is 1. The van der Waals surface area contributed by atoms with Crippen LogP contribution in [0, 0.1) is 0 Å². The Morgan fingerprint density at radius 1 is 1.37 bits per heavy atom. The van der Waals surface area contributed by atoms with Crippen molar-refractivity contribution in [2.24, 2.45) is 0 Å². The largest absolute Gasteiger partial charge is 0.378 e. The van der Waals surface area contributed by atoms with E-state index in [1.807, 2.05) is 10.6 Å². The maximum absolute atomic E-state index is 6.06. The van der Waals surface area contributed by atoms with Crippen LogP contribution in [-0.4, -0.2) is 24.7 Å². The molecule has 0 aromatic carbocycles. The van der Waals surface area contributed by atoms with Gasteiger partial charge in [-0.15, -0.1) is 0 Å². The molecule has 0 saturated heterocycles. The normalized spacial score (nSPS) is 11.1. The molecule has 0 aliphatic carbocycles. The molecule has 3 heterocycles. The van der Waals surface area contributed by atoms with E-state index < -0.39 is 0 Å². The summed E-state index contributed by atoms with van der Waals surface area (Å²) in [6.45, 7) is 3.51. The van der Waals surface area contributed by atoms with Gasteiger partial charge in [0.05, 0.1) is 36.6 Å². The first-order valence-electron chi connectivity index (χ1n) is 6.00. The van der Waals surface area contributed by atoms with E-state index in [2.05, 4.69) is 32.4 Å². The third kappa shape index (κ3) is 2.26. The third-order valence-corrected chi connectivity index (χ3v) is 3.30. The lowest BCUT2D eigenvalue weighted by molar-refractivity contribution is 0.719. The summed E-state index contributed by atoms with van der Waals surface area (Å²) in [6.07, 6.45) is 5.26. The van der Waals surface area contributed by atoms with Crippen molar-refractivity contribution in [3.05, 3.63) is 35.6 Å². The van der Waals surface area contributed by atoms with Gasteiger partial charge in [-0.1, -0.05) is 11.6 Å². The van der Waals surface area contributed by atoms with Crippen LogP contribution in [0.4, 0.5) is 5.69 Å². The van der Waals surface area contributed by atoms with Gasteiger partial charge in [0.2, 0.25) is 0 Å². The lowest BCUT2D eigenvalue weighted by atomic mass is 10.3. The van der Waals surface area contributed by atoms with Gasteiger partial charge in [-0.3, -0.25) is 5.10 Å². The van der Waals surface area contributed by atoms with Gasteiger partial charge in [-0.05, 0) is 13.0 Å². The van der Waals surface area contributed by atoms with E-state index in [4.69, 9.17) is 11.6 Å². The van der Waals surface area contributed by atoms with Gasteiger partial charge in [0.15, 0.2) is 10.8 Å². The number of hydrogen-bond donors (Lipinski definition) is 2. The summed E-state index contributed by atoms with van der Waals surface area (Å²) < 4.78 is 2.01. The van der Waals surface area contributed by atoms with Crippen molar-refractivity contribution in [1.82, 2.24) is 24.7 Å². The number of imidazole rings is 1. The number of aromatic nitrogens is 5. The molecule has 98 valence electrons. The summed E-state index contributed by atoms with van der Waals surface area (Å²) in [4.78, 5) is 8.37. The van der Waals surface area contributed by atoms with E-state index >= 15 is 0 Å². The van der Waals surface area contributed by atoms with Gasteiger partial charge in [-0.25, -0.2) is 9.97 Å². The second kappa shape index (κ2) is 4.89. The van der Waals surface area contributed by atoms with Crippen LogP contribution in [0.2, 0.25) is 5.15 Å². The van der Waals surface area contributed by atoms with Crippen molar-refractivity contribution in [3.8, 4) is 0 Å². The molecule has 0 spiro atoms. The van der Waals surface area contributed by atoms with Crippen molar-refractivity contribution < 1.29 is 0 Å². The zero-order chi connectivity index (χ0) is 13.2. The summed E-state index contributed by atoms with van der Waals surface area (Å²) in [6, 6.07) is 1.99. The number of nitrogens with one attached hydrogen (secondary N) is 2. The third-order valence-electron chi connectivity index (χ3n) is 2.99.